The minimum absolute atomic E-state index is 0.232. The molecule has 2 aromatic carbocycles. The molecular formula is C31H37N3O5. The molecule has 0 saturated heterocycles. The SMILES string of the molecule is COc1cccc([C@H]2Oc3ccc(OC)cc3C(=NO[C@@H](C)CN3CCCCc4nc(C)c(C)cc43)[C@H]2O)c1. The summed E-state index contributed by atoms with van der Waals surface area (Å²) in [5, 5.41) is 16.0. The molecule has 39 heavy (non-hydrogen) atoms. The molecule has 0 unspecified atom stereocenters. The van der Waals surface area contributed by atoms with Gasteiger partial charge in [-0.3, -0.25) is 4.98 Å². The van der Waals surface area contributed by atoms with Crippen LogP contribution in [0.15, 0.2) is 53.7 Å². The number of anilines is 1. The number of rotatable bonds is 7. The van der Waals surface area contributed by atoms with E-state index < -0.39 is 12.2 Å². The van der Waals surface area contributed by atoms with Crippen LogP contribution >= 0.6 is 0 Å². The highest BCUT2D eigenvalue weighted by Crippen LogP contribution is 2.38. The number of ether oxygens (including phenoxy) is 3. The lowest BCUT2D eigenvalue weighted by atomic mass is 9.92. The van der Waals surface area contributed by atoms with Crippen molar-refractivity contribution < 1.29 is 24.2 Å². The largest absolute Gasteiger partial charge is 0.497 e. The van der Waals surface area contributed by atoms with Gasteiger partial charge in [-0.05, 0) is 87.6 Å². The number of benzene rings is 2. The molecule has 2 aliphatic rings. The Labute approximate surface area is 230 Å². The molecule has 0 fully saturated rings. The number of aryl methyl sites for hydroxylation is 3. The smallest absolute Gasteiger partial charge is 0.156 e. The van der Waals surface area contributed by atoms with Crippen molar-refractivity contribution in [3.05, 3.63) is 76.6 Å². The fourth-order valence-corrected chi connectivity index (χ4v) is 5.21. The number of hydrogen-bond acceptors (Lipinski definition) is 8. The number of oxime groups is 1. The van der Waals surface area contributed by atoms with Crippen molar-refractivity contribution in [3.8, 4) is 17.2 Å². The predicted molar refractivity (Wildman–Crippen MR) is 151 cm³/mol. The molecule has 0 spiro atoms. The van der Waals surface area contributed by atoms with Gasteiger partial charge in [0.25, 0.3) is 0 Å². The molecule has 5 rings (SSSR count). The topological polar surface area (TPSA) is 85.6 Å². The third-order valence-corrected chi connectivity index (χ3v) is 7.47. The number of aromatic nitrogens is 1. The summed E-state index contributed by atoms with van der Waals surface area (Å²) in [6, 6.07) is 15.2. The van der Waals surface area contributed by atoms with Crippen molar-refractivity contribution in [2.75, 3.05) is 32.2 Å². The zero-order chi connectivity index (χ0) is 27.5. The summed E-state index contributed by atoms with van der Waals surface area (Å²) >= 11 is 0. The second-order valence-electron chi connectivity index (χ2n) is 10.3. The van der Waals surface area contributed by atoms with E-state index in [0.29, 0.717) is 35.1 Å². The van der Waals surface area contributed by atoms with E-state index in [2.05, 4.69) is 30.0 Å². The zero-order valence-corrected chi connectivity index (χ0v) is 23.3. The summed E-state index contributed by atoms with van der Waals surface area (Å²) in [4.78, 5) is 13.3. The summed E-state index contributed by atoms with van der Waals surface area (Å²) < 4.78 is 17.1. The van der Waals surface area contributed by atoms with Crippen molar-refractivity contribution in [1.29, 1.82) is 0 Å². The molecular weight excluding hydrogens is 494 g/mol. The van der Waals surface area contributed by atoms with Crippen molar-refractivity contribution >= 4 is 11.4 Å². The van der Waals surface area contributed by atoms with Crippen molar-refractivity contribution in [2.45, 2.75) is 58.3 Å². The maximum Gasteiger partial charge on any atom is 0.156 e. The molecule has 0 radical (unpaired) electrons. The molecule has 0 saturated carbocycles. The number of nitrogens with zero attached hydrogens (tertiary/aromatic N) is 3. The number of aliphatic hydroxyl groups excluding tert-OH is 1. The highest BCUT2D eigenvalue weighted by atomic mass is 16.6. The monoisotopic (exact) mass is 531 g/mol. The van der Waals surface area contributed by atoms with Crippen LogP contribution in [-0.4, -0.2) is 55.3 Å². The minimum Gasteiger partial charge on any atom is -0.497 e. The van der Waals surface area contributed by atoms with E-state index in [1.807, 2.05) is 49.4 Å². The molecule has 8 nitrogen and oxygen atoms in total. The van der Waals surface area contributed by atoms with Crippen LogP contribution in [0, 0.1) is 13.8 Å². The van der Waals surface area contributed by atoms with Gasteiger partial charge in [-0.15, -0.1) is 0 Å². The van der Waals surface area contributed by atoms with Crippen LogP contribution in [0.3, 0.4) is 0 Å². The van der Waals surface area contributed by atoms with E-state index >= 15 is 0 Å². The van der Waals surface area contributed by atoms with Crippen LogP contribution in [0.2, 0.25) is 0 Å². The molecule has 3 atom stereocenters. The zero-order valence-electron chi connectivity index (χ0n) is 23.3. The van der Waals surface area contributed by atoms with Gasteiger partial charge < -0.3 is 29.1 Å². The van der Waals surface area contributed by atoms with Gasteiger partial charge >= 0.3 is 0 Å². The van der Waals surface area contributed by atoms with E-state index in [4.69, 9.17) is 24.0 Å². The van der Waals surface area contributed by atoms with Crippen LogP contribution in [0.4, 0.5) is 5.69 Å². The number of fused-ring (bicyclic) bond motifs is 2. The highest BCUT2D eigenvalue weighted by Gasteiger charge is 2.37. The van der Waals surface area contributed by atoms with Gasteiger partial charge in [0.1, 0.15) is 35.2 Å². The van der Waals surface area contributed by atoms with Gasteiger partial charge in [-0.25, -0.2) is 0 Å². The number of hydrogen-bond donors (Lipinski definition) is 1. The molecule has 3 heterocycles. The van der Waals surface area contributed by atoms with E-state index in [1.54, 1.807) is 14.2 Å². The van der Waals surface area contributed by atoms with Gasteiger partial charge in [0.05, 0.1) is 32.1 Å². The van der Waals surface area contributed by atoms with E-state index in [9.17, 15) is 5.11 Å². The van der Waals surface area contributed by atoms with Crippen molar-refractivity contribution in [3.63, 3.8) is 0 Å². The van der Waals surface area contributed by atoms with Crippen LogP contribution in [0.5, 0.6) is 17.2 Å². The Kier molecular flexibility index (Phi) is 7.93. The fraction of sp³-hybridized carbons (Fsp3) is 0.419. The number of pyridine rings is 1. The molecule has 206 valence electrons. The fourth-order valence-electron chi connectivity index (χ4n) is 5.21. The summed E-state index contributed by atoms with van der Waals surface area (Å²) in [7, 11) is 3.22. The first kappa shape index (κ1) is 26.8. The summed E-state index contributed by atoms with van der Waals surface area (Å²) in [6.45, 7) is 7.77. The van der Waals surface area contributed by atoms with Gasteiger partial charge in [-0.2, -0.15) is 0 Å². The van der Waals surface area contributed by atoms with E-state index in [1.165, 1.54) is 11.3 Å². The van der Waals surface area contributed by atoms with Crippen molar-refractivity contribution in [2.24, 2.45) is 5.16 Å². The maximum absolute atomic E-state index is 11.5. The van der Waals surface area contributed by atoms with Crippen LogP contribution in [0.1, 0.15) is 53.9 Å². The second kappa shape index (κ2) is 11.5. The first-order valence-electron chi connectivity index (χ1n) is 13.5. The van der Waals surface area contributed by atoms with Gasteiger partial charge in [-0.1, -0.05) is 17.3 Å². The number of methoxy groups -OCH3 is 2. The summed E-state index contributed by atoms with van der Waals surface area (Å²) in [5.74, 6) is 1.93. The molecule has 1 N–H and O–H groups in total. The third-order valence-electron chi connectivity index (χ3n) is 7.47. The van der Waals surface area contributed by atoms with Crippen LogP contribution < -0.4 is 19.1 Å². The highest BCUT2D eigenvalue weighted by molar-refractivity contribution is 6.07. The number of aliphatic hydroxyl groups is 1. The Hall–Kier alpha value is -3.78. The molecule has 8 heteroatoms. The Morgan fingerprint density at radius 2 is 1.87 bits per heavy atom. The summed E-state index contributed by atoms with van der Waals surface area (Å²) in [6.07, 6.45) is 1.24. The Morgan fingerprint density at radius 1 is 1.08 bits per heavy atom. The van der Waals surface area contributed by atoms with Gasteiger partial charge in [0, 0.05) is 17.8 Å². The van der Waals surface area contributed by atoms with Crippen LogP contribution in [0.25, 0.3) is 0 Å². The Morgan fingerprint density at radius 3 is 2.67 bits per heavy atom. The van der Waals surface area contributed by atoms with Gasteiger partial charge in [0.2, 0.25) is 0 Å². The molecule has 0 amide bonds. The molecule has 1 aromatic heterocycles. The van der Waals surface area contributed by atoms with Crippen LogP contribution in [-0.2, 0) is 11.3 Å². The quantitative estimate of drug-likeness (QED) is 0.422. The third kappa shape index (κ3) is 5.66. The predicted octanol–water partition coefficient (Wildman–Crippen LogP) is 5.16. The lowest BCUT2D eigenvalue weighted by molar-refractivity contribution is 0.0513. The Balaban J connectivity index is 1.42. The van der Waals surface area contributed by atoms with E-state index in [0.717, 1.165) is 42.8 Å². The average molecular weight is 532 g/mol. The maximum atomic E-state index is 11.5. The molecule has 3 aromatic rings. The average Bonchev–Trinajstić information content (AvgIpc) is 3.13. The summed E-state index contributed by atoms with van der Waals surface area (Å²) in [5.41, 5.74) is 6.42. The van der Waals surface area contributed by atoms with Gasteiger partial charge in [0.15, 0.2) is 6.10 Å². The lowest BCUT2D eigenvalue weighted by Gasteiger charge is -2.32. The first-order valence-corrected chi connectivity index (χ1v) is 13.5. The Bertz CT molecular complexity index is 1360. The second-order valence-corrected chi connectivity index (χ2v) is 10.3. The first-order chi connectivity index (χ1) is 18.9. The normalized spacial score (nSPS) is 20.4. The molecule has 2 aliphatic heterocycles. The minimum atomic E-state index is -1.06. The standard InChI is InChI=1S/C31H37N3O5/c1-19-15-27-26(32-21(19)3)11-6-7-14-34(27)18-20(2)39-33-29-25-17-24(37-5)12-13-28(25)38-31(30(29)35)22-9-8-10-23(16-22)36-4/h8-10,12-13,15-17,20,30-31,35H,6-7,11,14,18H2,1-5H3/t20-,30+,31+/m0/s1. The van der Waals surface area contributed by atoms with E-state index in [-0.39, 0.29) is 6.10 Å². The molecule has 0 bridgehead atoms. The molecule has 0 aliphatic carbocycles. The lowest BCUT2D eigenvalue weighted by Crippen LogP contribution is -2.38. The van der Waals surface area contributed by atoms with Crippen molar-refractivity contribution in [1.82, 2.24) is 4.98 Å².